The van der Waals surface area contributed by atoms with Crippen LogP contribution in [0.3, 0.4) is 0 Å². The average Bonchev–Trinajstić information content (AvgIpc) is 2.25. The zero-order valence-corrected chi connectivity index (χ0v) is 11.8. The van der Waals surface area contributed by atoms with E-state index in [1.54, 1.807) is 30.5 Å². The third-order valence-electron chi connectivity index (χ3n) is 1.96. The fourth-order valence-corrected chi connectivity index (χ4v) is 1.59. The number of rotatable bonds is 3. The summed E-state index contributed by atoms with van der Waals surface area (Å²) in [5, 5.41) is 0. The minimum atomic E-state index is -1.27. The molecule has 1 atom stereocenters. The molecule has 1 rings (SSSR count). The Hall–Kier alpha value is -1.49. The van der Waals surface area contributed by atoms with Crippen molar-refractivity contribution in [2.75, 3.05) is 0 Å². The van der Waals surface area contributed by atoms with Crippen molar-refractivity contribution in [3.63, 3.8) is 0 Å². The topological polar surface area (TPSA) is 55.7 Å². The summed E-state index contributed by atoms with van der Waals surface area (Å²) >= 11 is 0. The molecule has 0 amide bonds. The van der Waals surface area contributed by atoms with Gasteiger partial charge < -0.3 is 4.74 Å². The molecule has 18 heavy (non-hydrogen) atoms. The molecule has 0 aromatic heterocycles. The molecule has 0 spiro atoms. The predicted molar refractivity (Wildman–Crippen MR) is 73.2 cm³/mol. The molecule has 98 valence electrons. The van der Waals surface area contributed by atoms with Crippen molar-refractivity contribution >= 4 is 23.2 Å². The lowest BCUT2D eigenvalue weighted by Gasteiger charge is -2.12. The second-order valence-corrected chi connectivity index (χ2v) is 6.69. The SMILES string of the molecule is CC(=O)Oc1ccc(/C=N/[S@](=O)C(C)(C)C)cc1. The lowest BCUT2D eigenvalue weighted by Crippen LogP contribution is -2.19. The van der Waals surface area contributed by atoms with Crippen molar-refractivity contribution in [2.45, 2.75) is 32.4 Å². The third kappa shape index (κ3) is 4.79. The summed E-state index contributed by atoms with van der Waals surface area (Å²) < 4.78 is 20.2. The van der Waals surface area contributed by atoms with Crippen LogP contribution in [0.15, 0.2) is 28.7 Å². The summed E-state index contributed by atoms with van der Waals surface area (Å²) in [6.45, 7) is 6.95. The van der Waals surface area contributed by atoms with Gasteiger partial charge in [0.1, 0.15) is 16.7 Å². The highest BCUT2D eigenvalue weighted by Gasteiger charge is 2.17. The molecular weight excluding hydrogens is 250 g/mol. The maximum atomic E-state index is 11.7. The normalized spacial score (nSPS) is 13.6. The maximum Gasteiger partial charge on any atom is 0.308 e. The van der Waals surface area contributed by atoms with Gasteiger partial charge in [-0.3, -0.25) is 4.79 Å². The fourth-order valence-electron chi connectivity index (χ4n) is 1.05. The van der Waals surface area contributed by atoms with Gasteiger partial charge in [-0.25, -0.2) is 4.21 Å². The first-order valence-corrected chi connectivity index (χ1v) is 6.64. The molecular formula is C13H17NO3S. The Balaban J connectivity index is 2.72. The van der Waals surface area contributed by atoms with Crippen LogP contribution >= 0.6 is 0 Å². The largest absolute Gasteiger partial charge is 0.427 e. The molecule has 0 N–H and O–H groups in total. The summed E-state index contributed by atoms with van der Waals surface area (Å²) in [7, 11) is -1.27. The maximum absolute atomic E-state index is 11.7. The van der Waals surface area contributed by atoms with Gasteiger partial charge in [0.25, 0.3) is 0 Å². The number of hydrogen-bond acceptors (Lipinski definition) is 3. The van der Waals surface area contributed by atoms with Gasteiger partial charge in [0.05, 0.1) is 4.75 Å². The summed E-state index contributed by atoms with van der Waals surface area (Å²) in [5.74, 6) is 0.127. The third-order valence-corrected chi connectivity index (χ3v) is 3.31. The zero-order chi connectivity index (χ0) is 13.8. The summed E-state index contributed by atoms with van der Waals surface area (Å²) in [5.41, 5.74) is 0.809. The van der Waals surface area contributed by atoms with Gasteiger partial charge in [-0.05, 0) is 50.6 Å². The first-order valence-electron chi connectivity index (χ1n) is 5.53. The number of nitrogens with zero attached hydrogens (tertiary/aromatic N) is 1. The first kappa shape index (κ1) is 14.6. The average molecular weight is 267 g/mol. The van der Waals surface area contributed by atoms with E-state index in [0.717, 1.165) is 5.56 Å². The monoisotopic (exact) mass is 267 g/mol. The summed E-state index contributed by atoms with van der Waals surface area (Å²) in [4.78, 5) is 10.7. The Morgan fingerprint density at radius 3 is 2.28 bits per heavy atom. The second-order valence-electron chi connectivity index (χ2n) is 4.76. The van der Waals surface area contributed by atoms with Gasteiger partial charge in [0.2, 0.25) is 0 Å². The fraction of sp³-hybridized carbons (Fsp3) is 0.385. The van der Waals surface area contributed by atoms with Crippen LogP contribution in [0.1, 0.15) is 33.3 Å². The minimum absolute atomic E-state index is 0.356. The Bertz CT molecular complexity index is 472. The van der Waals surface area contributed by atoms with Crippen LogP contribution in [-0.4, -0.2) is 21.1 Å². The van der Waals surface area contributed by atoms with Crippen molar-refractivity contribution in [3.8, 4) is 5.75 Å². The number of benzene rings is 1. The van der Waals surface area contributed by atoms with Crippen LogP contribution in [-0.2, 0) is 15.8 Å². The molecule has 4 nitrogen and oxygen atoms in total. The van der Waals surface area contributed by atoms with Crippen LogP contribution in [0.5, 0.6) is 5.75 Å². The highest BCUT2D eigenvalue weighted by molar-refractivity contribution is 7.85. The van der Waals surface area contributed by atoms with E-state index >= 15 is 0 Å². The first-order chi connectivity index (χ1) is 8.29. The lowest BCUT2D eigenvalue weighted by atomic mass is 10.2. The molecule has 0 aliphatic rings. The lowest BCUT2D eigenvalue weighted by molar-refractivity contribution is -0.131. The molecule has 0 radical (unpaired) electrons. The van der Waals surface area contributed by atoms with Crippen LogP contribution in [0.25, 0.3) is 0 Å². The molecule has 0 aliphatic carbocycles. The van der Waals surface area contributed by atoms with Crippen LogP contribution in [0, 0.1) is 0 Å². The van der Waals surface area contributed by atoms with E-state index in [0.29, 0.717) is 5.75 Å². The minimum Gasteiger partial charge on any atom is -0.427 e. The van der Waals surface area contributed by atoms with Crippen molar-refractivity contribution < 1.29 is 13.7 Å². The Morgan fingerprint density at radius 2 is 1.83 bits per heavy atom. The Morgan fingerprint density at radius 1 is 1.28 bits per heavy atom. The highest BCUT2D eigenvalue weighted by Crippen LogP contribution is 2.14. The number of carbonyl (C=O) groups is 1. The van der Waals surface area contributed by atoms with E-state index in [4.69, 9.17) is 4.74 Å². The number of esters is 1. The van der Waals surface area contributed by atoms with Gasteiger partial charge in [-0.2, -0.15) is 4.40 Å². The van der Waals surface area contributed by atoms with Crippen molar-refractivity contribution in [2.24, 2.45) is 4.40 Å². The van der Waals surface area contributed by atoms with Gasteiger partial charge in [0, 0.05) is 13.1 Å². The molecule has 0 fully saturated rings. The number of ether oxygens (including phenoxy) is 1. The van der Waals surface area contributed by atoms with E-state index in [9.17, 15) is 9.00 Å². The molecule has 0 heterocycles. The summed E-state index contributed by atoms with van der Waals surface area (Å²) in [6.07, 6.45) is 1.55. The van der Waals surface area contributed by atoms with Crippen molar-refractivity contribution in [3.05, 3.63) is 29.8 Å². The van der Waals surface area contributed by atoms with E-state index in [1.165, 1.54) is 6.92 Å². The molecule has 0 unspecified atom stereocenters. The Kier molecular flexibility index (Phi) is 4.78. The van der Waals surface area contributed by atoms with Crippen molar-refractivity contribution in [1.29, 1.82) is 0 Å². The predicted octanol–water partition coefficient (Wildman–Crippen LogP) is 2.49. The van der Waals surface area contributed by atoms with E-state index in [1.807, 2.05) is 20.8 Å². The van der Waals surface area contributed by atoms with E-state index < -0.39 is 11.0 Å². The van der Waals surface area contributed by atoms with Crippen LogP contribution in [0.2, 0.25) is 0 Å². The van der Waals surface area contributed by atoms with E-state index in [-0.39, 0.29) is 10.7 Å². The van der Waals surface area contributed by atoms with Crippen molar-refractivity contribution in [1.82, 2.24) is 0 Å². The molecule has 0 aliphatic heterocycles. The van der Waals surface area contributed by atoms with Gasteiger partial charge >= 0.3 is 5.97 Å². The number of hydrogen-bond donors (Lipinski definition) is 0. The highest BCUT2D eigenvalue weighted by atomic mass is 32.2. The van der Waals surface area contributed by atoms with Crippen LogP contribution < -0.4 is 4.74 Å². The summed E-state index contributed by atoms with van der Waals surface area (Å²) in [6, 6.07) is 6.84. The molecule has 0 saturated carbocycles. The molecule has 5 heteroatoms. The number of carbonyl (C=O) groups excluding carboxylic acids is 1. The molecule has 1 aromatic carbocycles. The molecule has 0 saturated heterocycles. The van der Waals surface area contributed by atoms with Gasteiger partial charge in [-0.1, -0.05) is 0 Å². The quantitative estimate of drug-likeness (QED) is 0.480. The van der Waals surface area contributed by atoms with Gasteiger partial charge in [-0.15, -0.1) is 0 Å². The smallest absolute Gasteiger partial charge is 0.308 e. The van der Waals surface area contributed by atoms with Gasteiger partial charge in [0.15, 0.2) is 0 Å². The van der Waals surface area contributed by atoms with E-state index in [2.05, 4.69) is 4.40 Å². The molecule has 0 bridgehead atoms. The standard InChI is InChI=1S/C13H17NO3S/c1-10(15)17-12-7-5-11(6-8-12)9-14-18(16)13(2,3)4/h5-9H,1-4H3/b14-9+/t18-/m1/s1. The molecule has 1 aromatic rings. The Labute approximate surface area is 110 Å². The second kappa shape index (κ2) is 5.91. The van der Waals surface area contributed by atoms with Crippen LogP contribution in [0.4, 0.5) is 0 Å². The zero-order valence-electron chi connectivity index (χ0n) is 11.0.